The number of hydrogen-bond acceptors (Lipinski definition) is 1. The summed E-state index contributed by atoms with van der Waals surface area (Å²) in [5.74, 6) is 0.807. The summed E-state index contributed by atoms with van der Waals surface area (Å²) in [6.45, 7) is 6.88. The molecule has 2 aliphatic carbocycles. The van der Waals surface area contributed by atoms with E-state index < -0.39 is 8.07 Å². The Hall–Kier alpha value is -0.633. The van der Waals surface area contributed by atoms with E-state index in [0.29, 0.717) is 11.7 Å². The zero-order valence-electron chi connectivity index (χ0n) is 9.26. The molecule has 2 rings (SSSR count). The topological polar surface area (TPSA) is 17.1 Å². The van der Waals surface area contributed by atoms with Gasteiger partial charge in [-0.2, -0.15) is 0 Å². The van der Waals surface area contributed by atoms with E-state index in [0.717, 1.165) is 12.0 Å². The molecule has 2 aliphatic rings. The first-order chi connectivity index (χ1) is 6.47. The lowest BCUT2D eigenvalue weighted by molar-refractivity contribution is -0.111. The van der Waals surface area contributed by atoms with Gasteiger partial charge in [0.1, 0.15) is 0 Å². The monoisotopic (exact) mass is 206 g/mol. The summed E-state index contributed by atoms with van der Waals surface area (Å²) in [5.41, 5.74) is 4.82. The third kappa shape index (κ3) is 1.76. The molecule has 0 aromatic heterocycles. The van der Waals surface area contributed by atoms with Crippen molar-refractivity contribution in [3.8, 4) is 0 Å². The van der Waals surface area contributed by atoms with Gasteiger partial charge in [0.05, 0.1) is 8.07 Å². The number of carbonyl (C=O) groups excluding carboxylic acids is 1. The molecule has 0 heterocycles. The molecule has 1 saturated carbocycles. The smallest absolute Gasteiger partial charge is 0.181 e. The lowest BCUT2D eigenvalue weighted by atomic mass is 10.0. The van der Waals surface area contributed by atoms with Crippen LogP contribution in [0.4, 0.5) is 0 Å². The van der Waals surface area contributed by atoms with Gasteiger partial charge in [0.15, 0.2) is 5.78 Å². The molecule has 0 amide bonds. The number of fused-ring (bicyclic) bond motifs is 1. The van der Waals surface area contributed by atoms with E-state index in [1.165, 1.54) is 18.4 Å². The summed E-state index contributed by atoms with van der Waals surface area (Å²) in [6, 6.07) is 0. The molecule has 0 bridgehead atoms. The number of hydrogen-bond donors (Lipinski definition) is 0. The van der Waals surface area contributed by atoms with E-state index in [-0.39, 0.29) is 0 Å². The fraction of sp³-hybridized carbons (Fsp3) is 0.583. The first-order valence-electron chi connectivity index (χ1n) is 5.45. The van der Waals surface area contributed by atoms with Gasteiger partial charge in [-0.05, 0) is 30.9 Å². The first-order valence-corrected chi connectivity index (χ1v) is 9.03. The fourth-order valence-electron chi connectivity index (χ4n) is 2.46. The Morgan fingerprint density at radius 3 is 2.79 bits per heavy atom. The Balaban J connectivity index is 2.31. The molecule has 1 fully saturated rings. The van der Waals surface area contributed by atoms with Crippen molar-refractivity contribution >= 4 is 13.9 Å². The Labute approximate surface area is 86.9 Å². The molecule has 0 saturated heterocycles. The molecule has 1 nitrogen and oxygen atoms in total. The van der Waals surface area contributed by atoms with Crippen molar-refractivity contribution in [1.29, 1.82) is 0 Å². The molecule has 0 radical (unpaired) electrons. The van der Waals surface area contributed by atoms with Gasteiger partial charge in [0.2, 0.25) is 0 Å². The molecule has 0 N–H and O–H groups in total. The molecule has 0 aliphatic heterocycles. The second kappa shape index (κ2) is 3.19. The zero-order chi connectivity index (χ0) is 10.3. The lowest BCUT2D eigenvalue weighted by Crippen LogP contribution is -2.19. The molecule has 76 valence electrons. The largest absolute Gasteiger partial charge is 0.290 e. The number of rotatable bonds is 1. The van der Waals surface area contributed by atoms with Gasteiger partial charge in [0.25, 0.3) is 0 Å². The average molecular weight is 206 g/mol. The van der Waals surface area contributed by atoms with Gasteiger partial charge in [-0.3, -0.25) is 4.79 Å². The standard InChI is InChI=1S/C12H18OSi/c1-14(2,3)8-11-10-6-4-5-9(10)7-12(11)13/h7-8,10H,4-6H2,1-3H3/b11-8-/t10-/m0/s1. The second-order valence-electron chi connectivity index (χ2n) is 5.49. The fourth-order valence-corrected chi connectivity index (χ4v) is 3.74. The van der Waals surface area contributed by atoms with Crippen molar-refractivity contribution in [3.63, 3.8) is 0 Å². The van der Waals surface area contributed by atoms with Crippen LogP contribution in [-0.4, -0.2) is 13.9 Å². The summed E-state index contributed by atoms with van der Waals surface area (Å²) < 4.78 is 0. The number of allylic oxidation sites excluding steroid dienone is 3. The summed E-state index contributed by atoms with van der Waals surface area (Å²) in [6.07, 6.45) is 5.52. The second-order valence-corrected chi connectivity index (χ2v) is 10.5. The Kier molecular flexibility index (Phi) is 2.26. The maximum absolute atomic E-state index is 11.7. The molecule has 0 aromatic carbocycles. The van der Waals surface area contributed by atoms with Crippen molar-refractivity contribution in [2.75, 3.05) is 0 Å². The lowest BCUT2D eigenvalue weighted by Gasteiger charge is -2.14. The van der Waals surface area contributed by atoms with E-state index in [2.05, 4.69) is 25.3 Å². The maximum Gasteiger partial charge on any atom is 0.181 e. The molecular weight excluding hydrogens is 188 g/mol. The summed E-state index contributed by atoms with van der Waals surface area (Å²) >= 11 is 0. The van der Waals surface area contributed by atoms with Gasteiger partial charge in [-0.1, -0.05) is 30.9 Å². The highest BCUT2D eigenvalue weighted by molar-refractivity contribution is 6.81. The van der Waals surface area contributed by atoms with Crippen LogP contribution < -0.4 is 0 Å². The van der Waals surface area contributed by atoms with E-state index in [1.54, 1.807) is 0 Å². The van der Waals surface area contributed by atoms with E-state index in [9.17, 15) is 4.79 Å². The molecule has 0 aromatic rings. The highest BCUT2D eigenvalue weighted by atomic mass is 28.3. The molecule has 2 heteroatoms. The predicted molar refractivity (Wildman–Crippen MR) is 61.9 cm³/mol. The minimum atomic E-state index is -1.24. The SMILES string of the molecule is C[Si](C)(C)/C=C1\C(=O)C=C2CCC[C@@H]21. The van der Waals surface area contributed by atoms with Crippen molar-refractivity contribution in [3.05, 3.63) is 22.9 Å². The van der Waals surface area contributed by atoms with E-state index in [4.69, 9.17) is 0 Å². The third-order valence-electron chi connectivity index (χ3n) is 2.97. The van der Waals surface area contributed by atoms with Gasteiger partial charge >= 0.3 is 0 Å². The normalized spacial score (nSPS) is 29.6. The maximum atomic E-state index is 11.7. The predicted octanol–water partition coefficient (Wildman–Crippen LogP) is 3.10. The van der Waals surface area contributed by atoms with Crippen molar-refractivity contribution in [2.45, 2.75) is 38.9 Å². The molecule has 1 atom stereocenters. The Morgan fingerprint density at radius 1 is 1.43 bits per heavy atom. The van der Waals surface area contributed by atoms with Crippen molar-refractivity contribution in [2.24, 2.45) is 5.92 Å². The van der Waals surface area contributed by atoms with Gasteiger partial charge in [-0.25, -0.2) is 0 Å². The van der Waals surface area contributed by atoms with Crippen LogP contribution in [0.1, 0.15) is 19.3 Å². The molecule has 0 spiro atoms. The zero-order valence-corrected chi connectivity index (χ0v) is 10.3. The van der Waals surface area contributed by atoms with E-state index >= 15 is 0 Å². The van der Waals surface area contributed by atoms with Gasteiger partial charge in [-0.15, -0.1) is 0 Å². The van der Waals surface area contributed by atoms with Crippen molar-refractivity contribution < 1.29 is 4.79 Å². The summed E-state index contributed by atoms with van der Waals surface area (Å²) in [5, 5.41) is 0. The summed E-state index contributed by atoms with van der Waals surface area (Å²) in [4.78, 5) is 11.7. The van der Waals surface area contributed by atoms with Crippen LogP contribution in [0.2, 0.25) is 19.6 Å². The Bertz CT molecular complexity index is 331. The molecule has 0 unspecified atom stereocenters. The van der Waals surface area contributed by atoms with Crippen LogP contribution >= 0.6 is 0 Å². The minimum absolute atomic E-state index is 0.298. The van der Waals surface area contributed by atoms with E-state index in [1.807, 2.05) is 6.08 Å². The van der Waals surface area contributed by atoms with Crippen molar-refractivity contribution in [1.82, 2.24) is 0 Å². The highest BCUT2D eigenvalue weighted by Crippen LogP contribution is 2.41. The Morgan fingerprint density at radius 2 is 2.14 bits per heavy atom. The van der Waals surface area contributed by atoms with Crippen LogP contribution in [0.25, 0.3) is 0 Å². The minimum Gasteiger partial charge on any atom is -0.290 e. The number of ketones is 1. The van der Waals surface area contributed by atoms with Gasteiger partial charge < -0.3 is 0 Å². The van der Waals surface area contributed by atoms with Crippen LogP contribution in [0.15, 0.2) is 22.9 Å². The summed E-state index contributed by atoms with van der Waals surface area (Å²) in [7, 11) is -1.24. The highest BCUT2D eigenvalue weighted by Gasteiger charge is 2.34. The molecule has 14 heavy (non-hydrogen) atoms. The van der Waals surface area contributed by atoms with Crippen LogP contribution in [0, 0.1) is 5.92 Å². The van der Waals surface area contributed by atoms with Gasteiger partial charge in [0, 0.05) is 5.92 Å². The molecular formula is C12H18OSi. The van der Waals surface area contributed by atoms with Crippen LogP contribution in [-0.2, 0) is 4.79 Å². The third-order valence-corrected chi connectivity index (χ3v) is 4.15. The number of carbonyl (C=O) groups is 1. The quantitative estimate of drug-likeness (QED) is 0.476. The van der Waals surface area contributed by atoms with Crippen LogP contribution in [0.5, 0.6) is 0 Å². The first kappa shape index (κ1) is 9.90. The average Bonchev–Trinajstić information content (AvgIpc) is 2.54. The van der Waals surface area contributed by atoms with Crippen LogP contribution in [0.3, 0.4) is 0 Å².